The fraction of sp³-hybridized carbons (Fsp3) is 0.778. The molecule has 0 aliphatic heterocycles. The van der Waals surface area contributed by atoms with Crippen LogP contribution >= 0.6 is 0 Å². The summed E-state index contributed by atoms with van der Waals surface area (Å²) in [6, 6.07) is 0. The molecule has 0 unspecified atom stereocenters. The van der Waals surface area contributed by atoms with Crippen molar-refractivity contribution < 1.29 is 19.1 Å². The van der Waals surface area contributed by atoms with Crippen LogP contribution in [0.25, 0.3) is 0 Å². The minimum Gasteiger partial charge on any atom is -0.463 e. The molecule has 0 aromatic carbocycles. The minimum absolute atomic E-state index is 0.331. The lowest BCUT2D eigenvalue weighted by Gasteiger charge is -2.16. The van der Waals surface area contributed by atoms with Crippen molar-refractivity contribution in [3.05, 3.63) is 12.2 Å². The third-order valence-electron chi connectivity index (χ3n) is 3.64. The first kappa shape index (κ1) is 21.6. The predicted octanol–water partition coefficient (Wildman–Crippen LogP) is 3.33. The molecular formula is C18H33NO4. The first-order valence-electron chi connectivity index (χ1n) is 8.87. The van der Waals surface area contributed by atoms with Crippen LogP contribution in [0, 0.1) is 0 Å². The number of carbonyl (C=O) groups excluding carboxylic acids is 2. The zero-order valence-corrected chi connectivity index (χ0v) is 15.0. The van der Waals surface area contributed by atoms with Crippen molar-refractivity contribution >= 4 is 11.9 Å². The maximum Gasteiger partial charge on any atom is 0.331 e. The highest BCUT2D eigenvalue weighted by atomic mass is 16.5. The highest BCUT2D eigenvalue weighted by molar-refractivity contribution is 5.91. The van der Waals surface area contributed by atoms with Gasteiger partial charge in [0.15, 0.2) is 0 Å². The third-order valence-corrected chi connectivity index (χ3v) is 3.64. The number of esters is 2. The van der Waals surface area contributed by atoms with E-state index in [1.54, 1.807) is 0 Å². The van der Waals surface area contributed by atoms with Gasteiger partial charge in [0, 0.05) is 18.7 Å². The Morgan fingerprint density at radius 1 is 0.783 bits per heavy atom. The molecule has 5 nitrogen and oxygen atoms in total. The van der Waals surface area contributed by atoms with Gasteiger partial charge in [-0.1, -0.05) is 52.9 Å². The van der Waals surface area contributed by atoms with Gasteiger partial charge in [-0.3, -0.25) is 0 Å². The zero-order valence-electron chi connectivity index (χ0n) is 15.0. The molecule has 0 atom stereocenters. The van der Waals surface area contributed by atoms with E-state index < -0.39 is 11.9 Å². The Labute approximate surface area is 141 Å². The van der Waals surface area contributed by atoms with Crippen molar-refractivity contribution in [2.45, 2.75) is 59.3 Å². The normalized spacial score (nSPS) is 11.1. The molecule has 0 rings (SSSR count). The van der Waals surface area contributed by atoms with E-state index in [1.807, 2.05) is 0 Å². The van der Waals surface area contributed by atoms with Crippen molar-refractivity contribution in [1.29, 1.82) is 0 Å². The van der Waals surface area contributed by atoms with Crippen LogP contribution < -0.4 is 0 Å². The molecule has 0 fully saturated rings. The van der Waals surface area contributed by atoms with Gasteiger partial charge in [0.25, 0.3) is 0 Å². The van der Waals surface area contributed by atoms with Crippen LogP contribution in [0.2, 0.25) is 0 Å². The first-order valence-corrected chi connectivity index (χ1v) is 8.87. The number of carbonyl (C=O) groups is 2. The van der Waals surface area contributed by atoms with Crippen LogP contribution in [-0.4, -0.2) is 49.7 Å². The van der Waals surface area contributed by atoms with Gasteiger partial charge in [0.2, 0.25) is 0 Å². The second-order valence-electron chi connectivity index (χ2n) is 5.46. The SMILES string of the molecule is CCCCCCCCOC(=O)/C=C/C(=O)OCCN(CC)CC. The van der Waals surface area contributed by atoms with Crippen LogP contribution in [0.4, 0.5) is 0 Å². The molecule has 0 aromatic rings. The molecule has 0 aliphatic rings. The highest BCUT2D eigenvalue weighted by Crippen LogP contribution is 2.04. The van der Waals surface area contributed by atoms with Crippen molar-refractivity contribution in [3.8, 4) is 0 Å². The number of hydrogen-bond donors (Lipinski definition) is 0. The average Bonchev–Trinajstić information content (AvgIpc) is 2.56. The number of rotatable bonds is 14. The Morgan fingerprint density at radius 3 is 1.87 bits per heavy atom. The molecule has 23 heavy (non-hydrogen) atoms. The lowest BCUT2D eigenvalue weighted by atomic mass is 10.1. The number of ether oxygens (including phenoxy) is 2. The monoisotopic (exact) mass is 327 g/mol. The van der Waals surface area contributed by atoms with E-state index in [0.717, 1.165) is 38.1 Å². The lowest BCUT2D eigenvalue weighted by Crippen LogP contribution is -2.27. The Hall–Kier alpha value is -1.36. The number of nitrogens with zero attached hydrogens (tertiary/aromatic N) is 1. The summed E-state index contributed by atoms with van der Waals surface area (Å²) >= 11 is 0. The Bertz CT molecular complexity index is 338. The van der Waals surface area contributed by atoms with E-state index in [2.05, 4.69) is 25.7 Å². The lowest BCUT2D eigenvalue weighted by molar-refractivity contribution is -0.140. The van der Waals surface area contributed by atoms with E-state index in [9.17, 15) is 9.59 Å². The summed E-state index contributed by atoms with van der Waals surface area (Å²) in [5.74, 6) is -0.993. The van der Waals surface area contributed by atoms with Gasteiger partial charge in [-0.05, 0) is 19.5 Å². The van der Waals surface area contributed by atoms with Crippen molar-refractivity contribution in [1.82, 2.24) is 4.90 Å². The van der Waals surface area contributed by atoms with E-state index in [1.165, 1.54) is 25.7 Å². The van der Waals surface area contributed by atoms with Crippen LogP contribution in [0.15, 0.2) is 12.2 Å². The van der Waals surface area contributed by atoms with Crippen molar-refractivity contribution in [2.24, 2.45) is 0 Å². The molecule has 0 saturated heterocycles. The number of unbranched alkanes of at least 4 members (excludes halogenated alkanes) is 5. The van der Waals surface area contributed by atoms with Gasteiger partial charge < -0.3 is 14.4 Å². The first-order chi connectivity index (χ1) is 11.1. The molecule has 0 radical (unpaired) electrons. The largest absolute Gasteiger partial charge is 0.463 e. The number of hydrogen-bond acceptors (Lipinski definition) is 5. The molecule has 0 heterocycles. The van der Waals surface area contributed by atoms with Crippen LogP contribution in [-0.2, 0) is 19.1 Å². The quantitative estimate of drug-likeness (QED) is 0.278. The van der Waals surface area contributed by atoms with Crippen LogP contribution in [0.3, 0.4) is 0 Å². The van der Waals surface area contributed by atoms with Gasteiger partial charge >= 0.3 is 11.9 Å². The standard InChI is InChI=1S/C18H33NO4/c1-4-7-8-9-10-11-15-22-17(20)12-13-18(21)23-16-14-19(5-2)6-3/h12-13H,4-11,14-16H2,1-3H3/b13-12+. The van der Waals surface area contributed by atoms with Crippen LogP contribution in [0.5, 0.6) is 0 Å². The van der Waals surface area contributed by atoms with E-state index in [0.29, 0.717) is 19.8 Å². The van der Waals surface area contributed by atoms with Gasteiger partial charge in [-0.25, -0.2) is 9.59 Å². The summed E-state index contributed by atoms with van der Waals surface area (Å²) in [4.78, 5) is 25.0. The van der Waals surface area contributed by atoms with Gasteiger partial charge in [0.1, 0.15) is 6.61 Å². The second kappa shape index (κ2) is 15.5. The van der Waals surface area contributed by atoms with E-state index >= 15 is 0 Å². The third kappa shape index (κ3) is 14.0. The van der Waals surface area contributed by atoms with E-state index in [-0.39, 0.29) is 0 Å². The van der Waals surface area contributed by atoms with Gasteiger partial charge in [0.05, 0.1) is 6.61 Å². The molecule has 0 saturated carbocycles. The summed E-state index contributed by atoms with van der Waals surface area (Å²) < 4.78 is 10.1. The Morgan fingerprint density at radius 2 is 1.30 bits per heavy atom. The minimum atomic E-state index is -0.506. The number of likely N-dealkylation sites (N-methyl/N-ethyl adjacent to an activating group) is 1. The molecule has 5 heteroatoms. The van der Waals surface area contributed by atoms with Crippen molar-refractivity contribution in [3.63, 3.8) is 0 Å². The highest BCUT2D eigenvalue weighted by Gasteiger charge is 2.03. The van der Waals surface area contributed by atoms with Crippen LogP contribution in [0.1, 0.15) is 59.3 Å². The molecule has 0 aromatic heterocycles. The zero-order chi connectivity index (χ0) is 17.3. The maximum absolute atomic E-state index is 11.4. The summed E-state index contributed by atoms with van der Waals surface area (Å²) in [6.45, 7) is 9.60. The summed E-state index contributed by atoms with van der Waals surface area (Å²) in [6.07, 6.45) is 9.12. The molecular weight excluding hydrogens is 294 g/mol. The molecule has 0 aliphatic carbocycles. The Balaban J connectivity index is 3.64. The van der Waals surface area contributed by atoms with Gasteiger partial charge in [-0.15, -0.1) is 0 Å². The molecule has 134 valence electrons. The predicted molar refractivity (Wildman–Crippen MR) is 92.2 cm³/mol. The fourth-order valence-corrected chi connectivity index (χ4v) is 2.10. The molecule has 0 N–H and O–H groups in total. The average molecular weight is 327 g/mol. The van der Waals surface area contributed by atoms with Gasteiger partial charge in [-0.2, -0.15) is 0 Å². The Kier molecular flexibility index (Phi) is 14.6. The maximum atomic E-state index is 11.4. The fourth-order valence-electron chi connectivity index (χ4n) is 2.10. The van der Waals surface area contributed by atoms with Crippen molar-refractivity contribution in [2.75, 3.05) is 32.8 Å². The summed E-state index contributed by atoms with van der Waals surface area (Å²) in [5, 5.41) is 0. The second-order valence-corrected chi connectivity index (χ2v) is 5.46. The summed E-state index contributed by atoms with van der Waals surface area (Å²) in [7, 11) is 0. The topological polar surface area (TPSA) is 55.8 Å². The summed E-state index contributed by atoms with van der Waals surface area (Å²) in [5.41, 5.74) is 0. The van der Waals surface area contributed by atoms with E-state index in [4.69, 9.17) is 9.47 Å². The smallest absolute Gasteiger partial charge is 0.331 e. The molecule has 0 spiro atoms. The molecule has 0 amide bonds. The molecule has 0 bridgehead atoms.